The van der Waals surface area contributed by atoms with Crippen LogP contribution < -0.4 is 18.9 Å². The van der Waals surface area contributed by atoms with Crippen LogP contribution in [0.25, 0.3) is 0 Å². The van der Waals surface area contributed by atoms with Crippen LogP contribution in [0.15, 0.2) is 11.2 Å². The standard InChI is InChI=1S/C18H24N2O6/c1-21-15-8-12(16(22-2)18-17(15)24-11-25-18)7-14-9-13(19-26-14)10-20-3-5-23-6-4-20/h8,14H,3-7,9-11H2,1-2H3. The molecule has 8 heteroatoms. The Labute approximate surface area is 152 Å². The Morgan fingerprint density at radius 3 is 2.73 bits per heavy atom. The van der Waals surface area contributed by atoms with Gasteiger partial charge in [0.25, 0.3) is 0 Å². The molecule has 0 radical (unpaired) electrons. The summed E-state index contributed by atoms with van der Waals surface area (Å²) in [7, 11) is 3.24. The zero-order chi connectivity index (χ0) is 17.9. The number of methoxy groups -OCH3 is 2. The SMILES string of the molecule is COc1cc(CC2CC(CN3CCOCC3)=NO2)c(OC)c2c1OCO2. The fourth-order valence-corrected chi connectivity index (χ4v) is 3.54. The highest BCUT2D eigenvalue weighted by atomic mass is 16.7. The number of benzene rings is 1. The van der Waals surface area contributed by atoms with Gasteiger partial charge in [-0.25, -0.2) is 0 Å². The molecule has 0 aliphatic carbocycles. The average molecular weight is 364 g/mol. The lowest BCUT2D eigenvalue weighted by Crippen LogP contribution is -2.39. The van der Waals surface area contributed by atoms with Gasteiger partial charge in [-0.3, -0.25) is 4.90 Å². The van der Waals surface area contributed by atoms with Gasteiger partial charge < -0.3 is 28.5 Å². The topological polar surface area (TPSA) is 71.0 Å². The van der Waals surface area contributed by atoms with Crippen molar-refractivity contribution in [1.29, 1.82) is 0 Å². The summed E-state index contributed by atoms with van der Waals surface area (Å²) in [6.07, 6.45) is 1.44. The molecule has 1 aromatic carbocycles. The molecular formula is C18H24N2O6. The molecule has 4 rings (SSSR count). The first-order chi connectivity index (χ1) is 12.8. The maximum absolute atomic E-state index is 5.67. The van der Waals surface area contributed by atoms with Crippen LogP contribution in [-0.2, 0) is 16.0 Å². The highest BCUT2D eigenvalue weighted by Gasteiger charge is 2.30. The smallest absolute Gasteiger partial charge is 0.231 e. The van der Waals surface area contributed by atoms with Gasteiger partial charge in [-0.15, -0.1) is 0 Å². The van der Waals surface area contributed by atoms with Gasteiger partial charge in [0, 0.05) is 38.0 Å². The molecule has 1 unspecified atom stereocenters. The van der Waals surface area contributed by atoms with E-state index in [1.54, 1.807) is 14.2 Å². The maximum atomic E-state index is 5.67. The number of nitrogens with zero attached hydrogens (tertiary/aromatic N) is 2. The summed E-state index contributed by atoms with van der Waals surface area (Å²) < 4.78 is 27.5. The first kappa shape index (κ1) is 17.2. The molecule has 1 fully saturated rings. The molecule has 1 atom stereocenters. The van der Waals surface area contributed by atoms with Gasteiger partial charge in [0.05, 0.1) is 33.1 Å². The fourth-order valence-electron chi connectivity index (χ4n) is 3.54. The third-order valence-corrected chi connectivity index (χ3v) is 4.82. The predicted octanol–water partition coefficient (Wildman–Crippen LogP) is 1.45. The van der Waals surface area contributed by atoms with E-state index in [4.69, 9.17) is 28.5 Å². The maximum Gasteiger partial charge on any atom is 0.231 e. The molecule has 3 aliphatic rings. The monoisotopic (exact) mass is 364 g/mol. The zero-order valence-corrected chi connectivity index (χ0v) is 15.2. The van der Waals surface area contributed by atoms with Gasteiger partial charge in [-0.2, -0.15) is 0 Å². The molecule has 3 heterocycles. The summed E-state index contributed by atoms with van der Waals surface area (Å²) in [6.45, 7) is 4.45. The van der Waals surface area contributed by atoms with Gasteiger partial charge in [0.15, 0.2) is 11.5 Å². The molecule has 1 saturated heterocycles. The van der Waals surface area contributed by atoms with E-state index < -0.39 is 0 Å². The summed E-state index contributed by atoms with van der Waals surface area (Å²) in [5, 5.41) is 4.28. The molecule has 0 amide bonds. The van der Waals surface area contributed by atoms with Crippen molar-refractivity contribution >= 4 is 5.71 Å². The lowest BCUT2D eigenvalue weighted by molar-refractivity contribution is 0.0450. The quantitative estimate of drug-likeness (QED) is 0.757. The van der Waals surface area contributed by atoms with E-state index in [0.29, 0.717) is 29.4 Å². The molecule has 0 spiro atoms. The minimum Gasteiger partial charge on any atom is -0.493 e. The number of morpholine rings is 1. The van der Waals surface area contributed by atoms with Gasteiger partial charge in [-0.05, 0) is 6.07 Å². The normalized spacial score (nSPS) is 22.1. The van der Waals surface area contributed by atoms with Gasteiger partial charge in [-0.1, -0.05) is 5.16 Å². The first-order valence-corrected chi connectivity index (χ1v) is 8.83. The lowest BCUT2D eigenvalue weighted by Gasteiger charge is -2.26. The molecule has 26 heavy (non-hydrogen) atoms. The van der Waals surface area contributed by atoms with Crippen molar-refractivity contribution in [3.05, 3.63) is 11.6 Å². The minimum atomic E-state index is -0.0231. The zero-order valence-electron chi connectivity index (χ0n) is 15.2. The van der Waals surface area contributed by atoms with E-state index in [2.05, 4.69) is 10.1 Å². The Balaban J connectivity index is 1.43. The van der Waals surface area contributed by atoms with E-state index >= 15 is 0 Å². The Bertz CT molecular complexity index is 687. The number of hydrogen-bond acceptors (Lipinski definition) is 8. The largest absolute Gasteiger partial charge is 0.493 e. The second-order valence-corrected chi connectivity index (χ2v) is 6.52. The number of hydrogen-bond donors (Lipinski definition) is 0. The molecule has 0 aromatic heterocycles. The van der Waals surface area contributed by atoms with Crippen LogP contribution in [0, 0.1) is 0 Å². The van der Waals surface area contributed by atoms with Crippen molar-refractivity contribution in [2.75, 3.05) is 53.9 Å². The van der Waals surface area contributed by atoms with E-state index in [0.717, 1.165) is 50.5 Å². The summed E-state index contributed by atoms with van der Waals surface area (Å²) >= 11 is 0. The van der Waals surface area contributed by atoms with E-state index in [1.165, 1.54) is 0 Å². The molecular weight excluding hydrogens is 340 g/mol. The number of rotatable bonds is 6. The highest BCUT2D eigenvalue weighted by Crippen LogP contribution is 2.49. The van der Waals surface area contributed by atoms with E-state index in [1.807, 2.05) is 6.07 Å². The second-order valence-electron chi connectivity index (χ2n) is 6.52. The van der Waals surface area contributed by atoms with E-state index in [9.17, 15) is 0 Å². The number of oxime groups is 1. The van der Waals surface area contributed by atoms with Crippen LogP contribution >= 0.6 is 0 Å². The third kappa shape index (κ3) is 3.39. The van der Waals surface area contributed by atoms with Crippen LogP contribution in [0.2, 0.25) is 0 Å². The summed E-state index contributed by atoms with van der Waals surface area (Å²) in [5.41, 5.74) is 2.03. The van der Waals surface area contributed by atoms with Crippen molar-refractivity contribution in [2.24, 2.45) is 5.16 Å². The van der Waals surface area contributed by atoms with Crippen LogP contribution in [0.4, 0.5) is 0 Å². The van der Waals surface area contributed by atoms with Crippen LogP contribution in [0.3, 0.4) is 0 Å². The third-order valence-electron chi connectivity index (χ3n) is 4.82. The Hall–Kier alpha value is -2.19. The molecule has 142 valence electrons. The van der Waals surface area contributed by atoms with Crippen LogP contribution in [0.5, 0.6) is 23.0 Å². The molecule has 8 nitrogen and oxygen atoms in total. The van der Waals surface area contributed by atoms with Crippen LogP contribution in [-0.4, -0.2) is 70.6 Å². The molecule has 3 aliphatic heterocycles. The first-order valence-electron chi connectivity index (χ1n) is 8.83. The van der Waals surface area contributed by atoms with Crippen LogP contribution in [0.1, 0.15) is 12.0 Å². The molecule has 0 N–H and O–H groups in total. The predicted molar refractivity (Wildman–Crippen MR) is 93.6 cm³/mol. The van der Waals surface area contributed by atoms with Gasteiger partial charge in [0.2, 0.25) is 18.3 Å². The summed E-state index contributed by atoms with van der Waals surface area (Å²) in [4.78, 5) is 8.01. The van der Waals surface area contributed by atoms with Gasteiger partial charge in [0.1, 0.15) is 6.10 Å². The Kier molecular flexibility index (Phi) is 5.03. The lowest BCUT2D eigenvalue weighted by atomic mass is 10.0. The highest BCUT2D eigenvalue weighted by molar-refractivity contribution is 5.87. The van der Waals surface area contributed by atoms with Crippen molar-refractivity contribution in [2.45, 2.75) is 18.9 Å². The summed E-state index contributed by atoms with van der Waals surface area (Å²) in [6, 6.07) is 1.93. The number of ether oxygens (including phenoxy) is 5. The molecule has 0 bridgehead atoms. The fraction of sp³-hybridized carbons (Fsp3) is 0.611. The number of fused-ring (bicyclic) bond motifs is 1. The van der Waals surface area contributed by atoms with Crippen molar-refractivity contribution in [3.8, 4) is 23.0 Å². The average Bonchev–Trinajstić information content (AvgIpc) is 3.31. The molecule has 1 aromatic rings. The Morgan fingerprint density at radius 2 is 1.96 bits per heavy atom. The van der Waals surface area contributed by atoms with Gasteiger partial charge >= 0.3 is 0 Å². The van der Waals surface area contributed by atoms with Crippen molar-refractivity contribution < 1.29 is 28.5 Å². The molecule has 0 saturated carbocycles. The van der Waals surface area contributed by atoms with Crippen molar-refractivity contribution in [3.63, 3.8) is 0 Å². The van der Waals surface area contributed by atoms with Crippen molar-refractivity contribution in [1.82, 2.24) is 4.90 Å². The minimum absolute atomic E-state index is 0.0231. The van der Waals surface area contributed by atoms with E-state index in [-0.39, 0.29) is 12.9 Å². The second kappa shape index (κ2) is 7.59. The summed E-state index contributed by atoms with van der Waals surface area (Å²) in [5.74, 6) is 2.49. The Morgan fingerprint density at radius 1 is 1.15 bits per heavy atom.